The third-order valence-electron chi connectivity index (χ3n) is 0.748. The molecule has 0 spiro atoms. The van der Waals surface area contributed by atoms with Gasteiger partial charge in [0, 0.05) is 25.7 Å². The molecule has 0 aliphatic carbocycles. The van der Waals surface area contributed by atoms with E-state index in [-0.39, 0.29) is 36.5 Å². The Morgan fingerprint density at radius 2 is 2.22 bits per heavy atom. The Labute approximate surface area is 78.4 Å². The molecule has 0 aliphatic heterocycles. The smallest absolute Gasteiger partial charge is 0.0917 e. The fourth-order valence-electron chi connectivity index (χ4n) is 0.407. The van der Waals surface area contributed by atoms with Crippen LogP contribution in [0.4, 0.5) is 0 Å². The SMILES string of the molecule is Cc1[c]nccc1.[Br-].[Zn]. The molecule has 0 saturated heterocycles. The van der Waals surface area contributed by atoms with Gasteiger partial charge in [-0.15, -0.1) is 0 Å². The molecule has 3 heteroatoms. The van der Waals surface area contributed by atoms with Gasteiger partial charge in [0.15, 0.2) is 0 Å². The fraction of sp³-hybridized carbons (Fsp3) is 0.167. The van der Waals surface area contributed by atoms with E-state index in [0.717, 1.165) is 5.56 Å². The number of rotatable bonds is 0. The van der Waals surface area contributed by atoms with E-state index in [4.69, 9.17) is 0 Å². The van der Waals surface area contributed by atoms with Crippen LogP contribution in [0.1, 0.15) is 5.56 Å². The van der Waals surface area contributed by atoms with Crippen LogP contribution < -0.4 is 17.0 Å². The second-order valence-electron chi connectivity index (χ2n) is 1.43. The van der Waals surface area contributed by atoms with Gasteiger partial charge >= 0.3 is 0 Å². The Bertz CT molecular complexity index is 143. The molecule has 0 fully saturated rings. The standard InChI is InChI=1S/C6H6N.BrH.Zn/c1-6-3-2-4-7-5-6;;/h2-4H,1H3;1H;/p-1. The molecule has 0 bridgehead atoms. The van der Waals surface area contributed by atoms with Crippen LogP contribution in [0.15, 0.2) is 18.3 Å². The molecule has 9 heavy (non-hydrogen) atoms. The summed E-state index contributed by atoms with van der Waals surface area (Å²) in [6, 6.07) is 3.86. The van der Waals surface area contributed by atoms with Crippen LogP contribution in [0, 0.1) is 13.1 Å². The van der Waals surface area contributed by atoms with Gasteiger partial charge in [0.25, 0.3) is 0 Å². The van der Waals surface area contributed by atoms with E-state index in [2.05, 4.69) is 11.2 Å². The molecule has 0 unspecified atom stereocenters. The number of pyridine rings is 1. The first kappa shape index (κ1) is 12.0. The van der Waals surface area contributed by atoms with Gasteiger partial charge in [-0.1, -0.05) is 6.07 Å². The molecule has 0 saturated carbocycles. The summed E-state index contributed by atoms with van der Waals surface area (Å²) in [6.07, 6.45) is 4.50. The van der Waals surface area contributed by atoms with E-state index in [9.17, 15) is 0 Å². The average Bonchev–Trinajstić information content (AvgIpc) is 1.69. The second kappa shape index (κ2) is 6.37. The summed E-state index contributed by atoms with van der Waals surface area (Å²) in [7, 11) is 0. The second-order valence-corrected chi connectivity index (χ2v) is 1.43. The quantitative estimate of drug-likeness (QED) is 0.485. The van der Waals surface area contributed by atoms with Crippen molar-refractivity contribution in [2.45, 2.75) is 6.92 Å². The summed E-state index contributed by atoms with van der Waals surface area (Å²) in [6.45, 7) is 1.97. The number of aromatic nitrogens is 1. The third-order valence-corrected chi connectivity index (χ3v) is 0.748. The molecular formula is C6H6BrNZn-. The number of aryl methyl sites for hydroxylation is 1. The normalized spacial score (nSPS) is 6.78. The molecular weight excluding hydrogens is 231 g/mol. The van der Waals surface area contributed by atoms with E-state index >= 15 is 0 Å². The summed E-state index contributed by atoms with van der Waals surface area (Å²) in [5.74, 6) is 0. The van der Waals surface area contributed by atoms with Crippen LogP contribution in [0.25, 0.3) is 0 Å². The van der Waals surface area contributed by atoms with Crippen LogP contribution in [-0.2, 0) is 19.5 Å². The van der Waals surface area contributed by atoms with E-state index < -0.39 is 0 Å². The van der Waals surface area contributed by atoms with E-state index in [0.29, 0.717) is 0 Å². The van der Waals surface area contributed by atoms with Crippen molar-refractivity contribution in [3.05, 3.63) is 30.1 Å². The Hall–Kier alpha value is 0.253. The van der Waals surface area contributed by atoms with Gasteiger partial charge in [-0.05, 0) is 18.6 Å². The van der Waals surface area contributed by atoms with Crippen molar-refractivity contribution in [2.75, 3.05) is 0 Å². The minimum atomic E-state index is 0. The van der Waals surface area contributed by atoms with Gasteiger partial charge in [0.05, 0.1) is 6.20 Å². The van der Waals surface area contributed by atoms with Gasteiger partial charge in [-0.3, -0.25) is 4.98 Å². The molecule has 0 atom stereocenters. The minimum absolute atomic E-state index is 0. The van der Waals surface area contributed by atoms with Crippen LogP contribution >= 0.6 is 0 Å². The van der Waals surface area contributed by atoms with E-state index in [1.165, 1.54) is 0 Å². The van der Waals surface area contributed by atoms with Crippen molar-refractivity contribution in [1.29, 1.82) is 0 Å². The molecule has 0 aromatic carbocycles. The zero-order chi connectivity index (χ0) is 5.11. The average molecular weight is 237 g/mol. The largest absolute Gasteiger partial charge is 1.00 e. The molecule has 0 N–H and O–H groups in total. The summed E-state index contributed by atoms with van der Waals surface area (Å²) in [5, 5.41) is 0. The number of nitrogens with zero attached hydrogens (tertiary/aromatic N) is 1. The monoisotopic (exact) mass is 235 g/mol. The van der Waals surface area contributed by atoms with Crippen LogP contribution in [-0.4, -0.2) is 4.98 Å². The molecule has 1 rings (SSSR count). The first-order valence-corrected chi connectivity index (χ1v) is 2.19. The summed E-state index contributed by atoms with van der Waals surface area (Å²) in [5.41, 5.74) is 1.09. The van der Waals surface area contributed by atoms with Gasteiger partial charge < -0.3 is 17.0 Å². The topological polar surface area (TPSA) is 12.9 Å². The minimum Gasteiger partial charge on any atom is -1.00 e. The number of halogens is 1. The van der Waals surface area contributed by atoms with Gasteiger partial charge in [-0.25, -0.2) is 0 Å². The van der Waals surface area contributed by atoms with Crippen LogP contribution in [0.5, 0.6) is 0 Å². The maximum atomic E-state index is 3.76. The molecule has 1 radical (unpaired) electrons. The predicted octanol–water partition coefficient (Wildman–Crippen LogP) is -1.81. The zero-order valence-corrected chi connectivity index (χ0v) is 9.82. The maximum absolute atomic E-state index is 3.76. The van der Waals surface area contributed by atoms with Crippen LogP contribution in [0.3, 0.4) is 0 Å². The Kier molecular flexibility index (Phi) is 8.49. The Morgan fingerprint density at radius 3 is 2.44 bits per heavy atom. The van der Waals surface area contributed by atoms with Crippen molar-refractivity contribution >= 4 is 0 Å². The summed E-state index contributed by atoms with van der Waals surface area (Å²) in [4.78, 5) is 3.76. The molecule has 45 valence electrons. The molecule has 1 aromatic rings. The fourth-order valence-corrected chi connectivity index (χ4v) is 0.407. The van der Waals surface area contributed by atoms with Crippen molar-refractivity contribution in [3.63, 3.8) is 0 Å². The van der Waals surface area contributed by atoms with Crippen LogP contribution in [0.2, 0.25) is 0 Å². The Morgan fingerprint density at radius 1 is 1.56 bits per heavy atom. The molecule has 1 aromatic heterocycles. The zero-order valence-electron chi connectivity index (χ0n) is 5.26. The van der Waals surface area contributed by atoms with Crippen molar-refractivity contribution in [1.82, 2.24) is 4.98 Å². The number of hydrogen-bond donors (Lipinski definition) is 0. The Balaban J connectivity index is 0. The molecule has 0 aliphatic rings. The molecule has 1 nitrogen and oxygen atoms in total. The number of hydrogen-bond acceptors (Lipinski definition) is 1. The van der Waals surface area contributed by atoms with E-state index in [1.54, 1.807) is 6.20 Å². The summed E-state index contributed by atoms with van der Waals surface area (Å²) >= 11 is 0. The van der Waals surface area contributed by atoms with Crippen molar-refractivity contribution in [3.8, 4) is 0 Å². The van der Waals surface area contributed by atoms with Crippen molar-refractivity contribution in [2.24, 2.45) is 0 Å². The summed E-state index contributed by atoms with van der Waals surface area (Å²) < 4.78 is 0. The third kappa shape index (κ3) is 4.74. The predicted molar refractivity (Wildman–Crippen MR) is 27.8 cm³/mol. The molecule has 1 heterocycles. The van der Waals surface area contributed by atoms with Crippen molar-refractivity contribution < 1.29 is 36.5 Å². The van der Waals surface area contributed by atoms with Gasteiger partial charge in [-0.2, -0.15) is 0 Å². The van der Waals surface area contributed by atoms with Gasteiger partial charge in [0.2, 0.25) is 0 Å². The first-order valence-electron chi connectivity index (χ1n) is 2.19. The van der Waals surface area contributed by atoms with E-state index in [1.807, 2.05) is 19.1 Å². The molecule has 0 amide bonds. The van der Waals surface area contributed by atoms with Gasteiger partial charge in [0.1, 0.15) is 0 Å². The first-order chi connectivity index (χ1) is 3.39. The maximum Gasteiger partial charge on any atom is 0.0917 e.